The summed E-state index contributed by atoms with van der Waals surface area (Å²) in [4.78, 5) is 0. The van der Waals surface area contributed by atoms with E-state index in [1.807, 2.05) is 0 Å². The fourth-order valence-corrected chi connectivity index (χ4v) is 6.66. The van der Waals surface area contributed by atoms with Crippen LogP contribution in [0.1, 0.15) is 11.1 Å². The number of hydrogen-bond acceptors (Lipinski definition) is 0. The molecule has 178 valence electrons. The van der Waals surface area contributed by atoms with E-state index in [9.17, 15) is 0 Å². The van der Waals surface area contributed by atoms with Crippen LogP contribution in [-0.4, -0.2) is 0 Å². The van der Waals surface area contributed by atoms with Gasteiger partial charge in [0.15, 0.2) is 0 Å². The van der Waals surface area contributed by atoms with Crippen molar-refractivity contribution < 1.29 is 0 Å². The van der Waals surface area contributed by atoms with Crippen LogP contribution in [-0.2, 0) is 12.8 Å². The van der Waals surface area contributed by atoms with E-state index in [0.717, 1.165) is 12.8 Å². The molecule has 0 heteroatoms. The molecule has 0 unspecified atom stereocenters. The van der Waals surface area contributed by atoms with Gasteiger partial charge in [-0.05, 0) is 95.7 Å². The zero-order valence-corrected chi connectivity index (χ0v) is 21.1. The summed E-state index contributed by atoms with van der Waals surface area (Å²) >= 11 is 0. The second-order valence-electron chi connectivity index (χ2n) is 10.4. The van der Waals surface area contributed by atoms with Crippen molar-refractivity contribution in [3.8, 4) is 33.4 Å². The smallest absolute Gasteiger partial charge is 0.00262 e. The highest BCUT2D eigenvalue weighted by Gasteiger charge is 2.20. The number of benzene rings is 7. The zero-order chi connectivity index (χ0) is 25.1. The maximum atomic E-state index is 2.41. The lowest BCUT2D eigenvalue weighted by molar-refractivity contribution is 0.945. The summed E-state index contributed by atoms with van der Waals surface area (Å²) in [6.45, 7) is 0. The van der Waals surface area contributed by atoms with Crippen molar-refractivity contribution in [3.05, 3.63) is 145 Å². The van der Waals surface area contributed by atoms with Crippen LogP contribution < -0.4 is 0 Å². The number of fused-ring (bicyclic) bond motifs is 7. The monoisotopic (exact) mass is 482 g/mol. The number of hydrogen-bond donors (Lipinski definition) is 0. The Balaban J connectivity index is 1.43. The van der Waals surface area contributed by atoms with Crippen molar-refractivity contribution in [2.24, 2.45) is 0 Å². The number of rotatable bonds is 2. The molecule has 0 nitrogen and oxygen atoms in total. The van der Waals surface area contributed by atoms with Crippen molar-refractivity contribution in [1.82, 2.24) is 0 Å². The van der Waals surface area contributed by atoms with Crippen molar-refractivity contribution in [2.75, 3.05) is 0 Å². The Kier molecular flexibility index (Phi) is 4.75. The molecule has 7 aromatic rings. The van der Waals surface area contributed by atoms with Gasteiger partial charge in [-0.3, -0.25) is 0 Å². The van der Waals surface area contributed by atoms with Gasteiger partial charge in [-0.25, -0.2) is 0 Å². The lowest BCUT2D eigenvalue weighted by Crippen LogP contribution is -2.04. The van der Waals surface area contributed by atoms with Crippen LogP contribution in [0, 0.1) is 0 Å². The van der Waals surface area contributed by atoms with Crippen LogP contribution in [0.4, 0.5) is 0 Å². The standard InChI is InChI=1S/C38H26/c1-2-11-26(12-3-1)37-32-14-6-8-16-34(32)38(35-17-9-7-15-33(35)37)29-22-23-31-28(24-29)21-20-27-19-18-25-10-4-5-13-30(25)36(27)31/h1-17,20-24H,18-19H2. The first kappa shape index (κ1) is 21.4. The second-order valence-corrected chi connectivity index (χ2v) is 10.4. The molecule has 8 rings (SSSR count). The first-order chi connectivity index (χ1) is 18.9. The van der Waals surface area contributed by atoms with Gasteiger partial charge in [0.25, 0.3) is 0 Å². The normalized spacial score (nSPS) is 12.5. The van der Waals surface area contributed by atoms with Crippen molar-refractivity contribution in [3.63, 3.8) is 0 Å². The largest absolute Gasteiger partial charge is 0.0622 e. The van der Waals surface area contributed by atoms with E-state index < -0.39 is 0 Å². The second kappa shape index (κ2) is 8.43. The quantitative estimate of drug-likeness (QED) is 0.215. The lowest BCUT2D eigenvalue weighted by Gasteiger charge is -2.22. The van der Waals surface area contributed by atoms with E-state index in [2.05, 4.69) is 133 Å². The average Bonchev–Trinajstić information content (AvgIpc) is 2.99. The van der Waals surface area contributed by atoms with Gasteiger partial charge in [0.2, 0.25) is 0 Å². The van der Waals surface area contributed by atoms with Gasteiger partial charge in [-0.1, -0.05) is 127 Å². The SMILES string of the molecule is c1ccc(-c2c3ccccc3c(-c3ccc4c5c(ccc4c3)CCc3ccccc3-5)c3ccccc23)cc1. The van der Waals surface area contributed by atoms with Crippen molar-refractivity contribution in [2.45, 2.75) is 12.8 Å². The minimum Gasteiger partial charge on any atom is -0.0622 e. The molecule has 1 aliphatic rings. The van der Waals surface area contributed by atoms with Crippen LogP contribution in [0.15, 0.2) is 133 Å². The fourth-order valence-electron chi connectivity index (χ4n) is 6.66. The first-order valence-corrected chi connectivity index (χ1v) is 13.5. The van der Waals surface area contributed by atoms with E-state index in [1.165, 1.54) is 76.8 Å². The van der Waals surface area contributed by atoms with Crippen LogP contribution in [0.25, 0.3) is 65.7 Å². The summed E-state index contributed by atoms with van der Waals surface area (Å²) in [5, 5.41) is 7.85. The van der Waals surface area contributed by atoms with Gasteiger partial charge in [0.1, 0.15) is 0 Å². The molecule has 0 aliphatic heterocycles. The Bertz CT molecular complexity index is 1950. The molecule has 1 aliphatic carbocycles. The highest BCUT2D eigenvalue weighted by Crippen LogP contribution is 2.45. The fraction of sp³-hybridized carbons (Fsp3) is 0.0526. The summed E-state index contributed by atoms with van der Waals surface area (Å²) in [5.41, 5.74) is 10.9. The molecule has 0 bridgehead atoms. The summed E-state index contributed by atoms with van der Waals surface area (Å²) in [6.07, 6.45) is 2.23. The van der Waals surface area contributed by atoms with Gasteiger partial charge in [0.05, 0.1) is 0 Å². The van der Waals surface area contributed by atoms with E-state index >= 15 is 0 Å². The molecule has 0 radical (unpaired) electrons. The molecule has 0 amide bonds. The van der Waals surface area contributed by atoms with Crippen molar-refractivity contribution in [1.29, 1.82) is 0 Å². The third-order valence-corrected chi connectivity index (χ3v) is 8.34. The van der Waals surface area contributed by atoms with E-state index in [4.69, 9.17) is 0 Å². The van der Waals surface area contributed by atoms with Gasteiger partial charge in [-0.15, -0.1) is 0 Å². The molecule has 7 aromatic carbocycles. The topological polar surface area (TPSA) is 0 Å². The molecule has 0 spiro atoms. The maximum absolute atomic E-state index is 2.41. The first-order valence-electron chi connectivity index (χ1n) is 13.5. The molecule has 0 heterocycles. The molecule has 0 saturated carbocycles. The number of aryl methyl sites for hydroxylation is 2. The molecule has 0 aromatic heterocycles. The van der Waals surface area contributed by atoms with E-state index in [-0.39, 0.29) is 0 Å². The lowest BCUT2D eigenvalue weighted by atomic mass is 9.81. The maximum Gasteiger partial charge on any atom is -0.00262 e. The molecular weight excluding hydrogens is 456 g/mol. The van der Waals surface area contributed by atoms with Crippen molar-refractivity contribution >= 4 is 32.3 Å². The Morgan fingerprint density at radius 3 is 1.63 bits per heavy atom. The molecule has 0 saturated heterocycles. The third-order valence-electron chi connectivity index (χ3n) is 8.34. The van der Waals surface area contributed by atoms with Crippen LogP contribution in [0.5, 0.6) is 0 Å². The Morgan fingerprint density at radius 1 is 0.342 bits per heavy atom. The van der Waals surface area contributed by atoms with Gasteiger partial charge in [0, 0.05) is 0 Å². The summed E-state index contributed by atoms with van der Waals surface area (Å²) in [7, 11) is 0. The average molecular weight is 483 g/mol. The molecule has 0 atom stereocenters. The van der Waals surface area contributed by atoms with Gasteiger partial charge < -0.3 is 0 Å². The van der Waals surface area contributed by atoms with Crippen LogP contribution >= 0.6 is 0 Å². The summed E-state index contributed by atoms with van der Waals surface area (Å²) in [6, 6.07) is 49.3. The van der Waals surface area contributed by atoms with Crippen LogP contribution in [0.3, 0.4) is 0 Å². The zero-order valence-electron chi connectivity index (χ0n) is 21.1. The minimum absolute atomic E-state index is 1.11. The molecule has 0 N–H and O–H groups in total. The predicted octanol–water partition coefficient (Wildman–Crippen LogP) is 10.2. The summed E-state index contributed by atoms with van der Waals surface area (Å²) in [5.74, 6) is 0. The van der Waals surface area contributed by atoms with E-state index in [1.54, 1.807) is 0 Å². The van der Waals surface area contributed by atoms with Gasteiger partial charge >= 0.3 is 0 Å². The molecular formula is C38H26. The Hall–Kier alpha value is -4.68. The highest BCUT2D eigenvalue weighted by atomic mass is 14.2. The predicted molar refractivity (Wildman–Crippen MR) is 163 cm³/mol. The highest BCUT2D eigenvalue weighted by molar-refractivity contribution is 6.21. The minimum atomic E-state index is 1.11. The summed E-state index contributed by atoms with van der Waals surface area (Å²) < 4.78 is 0. The molecule has 38 heavy (non-hydrogen) atoms. The third kappa shape index (κ3) is 3.17. The van der Waals surface area contributed by atoms with Crippen LogP contribution in [0.2, 0.25) is 0 Å². The van der Waals surface area contributed by atoms with Gasteiger partial charge in [-0.2, -0.15) is 0 Å². The Morgan fingerprint density at radius 2 is 0.921 bits per heavy atom. The Labute approximate surface area is 222 Å². The van der Waals surface area contributed by atoms with E-state index in [0.29, 0.717) is 0 Å². The molecule has 0 fully saturated rings.